The van der Waals surface area contributed by atoms with E-state index in [0.717, 1.165) is 33.5 Å². The number of fused-ring (bicyclic) bond motifs is 6. The molecule has 2 heterocycles. The van der Waals surface area contributed by atoms with E-state index in [2.05, 4.69) is 10.6 Å². The maximum absolute atomic E-state index is 6.41. The number of halogens is 1. The zero-order valence-electron chi connectivity index (χ0n) is 10.9. The van der Waals surface area contributed by atoms with E-state index in [-0.39, 0.29) is 6.04 Å². The van der Waals surface area contributed by atoms with Gasteiger partial charge < -0.3 is 15.4 Å². The fourth-order valence-electron chi connectivity index (χ4n) is 3.10. The first kappa shape index (κ1) is 12.2. The van der Waals surface area contributed by atoms with Gasteiger partial charge in [0.2, 0.25) is 0 Å². The highest BCUT2D eigenvalue weighted by molar-refractivity contribution is 7.80. The fourth-order valence-corrected chi connectivity index (χ4v) is 3.74. The standard InChI is InChI=1S/C15H13ClN2OS/c1-15-7-12(17-14(20)18-15)10-6-11(16)8-4-2-3-5-9(8)13(10)19-15/h2-6,12H,7H2,1H3,(H2,17,18,20). The second-order valence-corrected chi connectivity index (χ2v) is 6.33. The molecular formula is C15H13ClN2OS. The van der Waals surface area contributed by atoms with Gasteiger partial charge in [-0.15, -0.1) is 0 Å². The molecule has 0 amide bonds. The van der Waals surface area contributed by atoms with Gasteiger partial charge in [-0.3, -0.25) is 0 Å². The van der Waals surface area contributed by atoms with Crippen molar-refractivity contribution in [3.8, 4) is 5.75 Å². The highest BCUT2D eigenvalue weighted by Gasteiger charge is 2.42. The van der Waals surface area contributed by atoms with E-state index in [1.54, 1.807) is 0 Å². The van der Waals surface area contributed by atoms with Crippen molar-refractivity contribution in [2.45, 2.75) is 25.1 Å². The normalized spacial score (nSPS) is 27.3. The zero-order valence-corrected chi connectivity index (χ0v) is 12.4. The molecule has 2 N–H and O–H groups in total. The molecule has 0 saturated carbocycles. The second kappa shape index (κ2) is 3.99. The highest BCUT2D eigenvalue weighted by Crippen LogP contribution is 2.46. The van der Waals surface area contributed by atoms with Crippen molar-refractivity contribution < 1.29 is 4.74 Å². The number of ether oxygens (including phenoxy) is 1. The lowest BCUT2D eigenvalue weighted by Crippen LogP contribution is -2.62. The molecule has 2 bridgehead atoms. The largest absolute Gasteiger partial charge is 0.467 e. The van der Waals surface area contributed by atoms with Gasteiger partial charge >= 0.3 is 0 Å². The van der Waals surface area contributed by atoms with Crippen LogP contribution >= 0.6 is 23.8 Å². The maximum Gasteiger partial charge on any atom is 0.181 e. The van der Waals surface area contributed by atoms with E-state index in [1.165, 1.54) is 0 Å². The SMILES string of the molecule is CC12CC(NC(=S)N1)c1cc(Cl)c3ccccc3c1O2. The van der Waals surface area contributed by atoms with E-state index >= 15 is 0 Å². The van der Waals surface area contributed by atoms with Crippen molar-refractivity contribution in [3.63, 3.8) is 0 Å². The Morgan fingerprint density at radius 2 is 2.10 bits per heavy atom. The summed E-state index contributed by atoms with van der Waals surface area (Å²) in [7, 11) is 0. The third-order valence-electron chi connectivity index (χ3n) is 3.95. The molecule has 0 spiro atoms. The molecule has 0 aromatic heterocycles. The Morgan fingerprint density at radius 1 is 1.35 bits per heavy atom. The molecule has 4 rings (SSSR count). The molecule has 0 aliphatic carbocycles. The molecule has 20 heavy (non-hydrogen) atoms. The van der Waals surface area contributed by atoms with Gasteiger partial charge in [0.15, 0.2) is 10.8 Å². The molecule has 2 aliphatic heterocycles. The van der Waals surface area contributed by atoms with Gasteiger partial charge in [-0.2, -0.15) is 0 Å². The third kappa shape index (κ3) is 1.68. The summed E-state index contributed by atoms with van der Waals surface area (Å²) < 4.78 is 6.23. The van der Waals surface area contributed by atoms with Gasteiger partial charge in [0.05, 0.1) is 6.04 Å². The number of rotatable bonds is 0. The Balaban J connectivity index is 2.01. The smallest absolute Gasteiger partial charge is 0.181 e. The van der Waals surface area contributed by atoms with Gasteiger partial charge in [0.25, 0.3) is 0 Å². The minimum atomic E-state index is -0.462. The molecule has 2 atom stereocenters. The number of nitrogens with one attached hydrogen (secondary N) is 2. The van der Waals surface area contributed by atoms with E-state index in [0.29, 0.717) is 5.11 Å². The van der Waals surface area contributed by atoms with Crippen LogP contribution in [0, 0.1) is 0 Å². The van der Waals surface area contributed by atoms with E-state index in [1.807, 2.05) is 37.3 Å². The van der Waals surface area contributed by atoms with Crippen LogP contribution in [-0.4, -0.2) is 10.8 Å². The van der Waals surface area contributed by atoms with Crippen LogP contribution in [0.4, 0.5) is 0 Å². The topological polar surface area (TPSA) is 33.3 Å². The van der Waals surface area contributed by atoms with E-state index in [9.17, 15) is 0 Å². The first-order chi connectivity index (χ1) is 9.56. The van der Waals surface area contributed by atoms with Gasteiger partial charge in [-0.05, 0) is 25.2 Å². The van der Waals surface area contributed by atoms with Crippen molar-refractivity contribution in [1.82, 2.24) is 10.6 Å². The van der Waals surface area contributed by atoms with Crippen LogP contribution in [0.1, 0.15) is 24.9 Å². The minimum Gasteiger partial charge on any atom is -0.467 e. The Bertz CT molecular complexity index is 748. The minimum absolute atomic E-state index is 0.139. The highest BCUT2D eigenvalue weighted by atomic mass is 35.5. The van der Waals surface area contributed by atoms with Crippen molar-refractivity contribution in [1.29, 1.82) is 0 Å². The predicted octanol–water partition coefficient (Wildman–Crippen LogP) is 3.51. The Morgan fingerprint density at radius 3 is 2.90 bits per heavy atom. The van der Waals surface area contributed by atoms with Gasteiger partial charge in [0.1, 0.15) is 5.75 Å². The van der Waals surface area contributed by atoms with Crippen LogP contribution in [0.25, 0.3) is 10.8 Å². The van der Waals surface area contributed by atoms with Crippen LogP contribution in [0.2, 0.25) is 5.02 Å². The molecule has 2 aromatic rings. The summed E-state index contributed by atoms with van der Waals surface area (Å²) in [6.07, 6.45) is 0.814. The lowest BCUT2D eigenvalue weighted by Gasteiger charge is -2.46. The molecule has 1 fully saturated rings. The third-order valence-corrected chi connectivity index (χ3v) is 4.49. The summed E-state index contributed by atoms with van der Waals surface area (Å²) in [5, 5.41) is 9.94. The quantitative estimate of drug-likeness (QED) is 0.730. The molecule has 0 radical (unpaired) electrons. The summed E-state index contributed by atoms with van der Waals surface area (Å²) in [5.74, 6) is 0.895. The number of hydrogen-bond acceptors (Lipinski definition) is 2. The Hall–Kier alpha value is -1.52. The van der Waals surface area contributed by atoms with Crippen LogP contribution in [0.3, 0.4) is 0 Å². The van der Waals surface area contributed by atoms with Gasteiger partial charge in [-0.1, -0.05) is 35.9 Å². The molecule has 2 aliphatic rings. The summed E-state index contributed by atoms with van der Waals surface area (Å²) in [5.41, 5.74) is 0.617. The average Bonchev–Trinajstić information content (AvgIpc) is 2.40. The average molecular weight is 305 g/mol. The summed E-state index contributed by atoms with van der Waals surface area (Å²) in [4.78, 5) is 0. The lowest BCUT2D eigenvalue weighted by atomic mass is 9.90. The van der Waals surface area contributed by atoms with Gasteiger partial charge in [0, 0.05) is 27.8 Å². The molecule has 102 valence electrons. The lowest BCUT2D eigenvalue weighted by molar-refractivity contribution is 0.0269. The van der Waals surface area contributed by atoms with Gasteiger partial charge in [-0.25, -0.2) is 0 Å². The Kier molecular flexibility index (Phi) is 2.44. The van der Waals surface area contributed by atoms with Crippen molar-refractivity contribution >= 4 is 39.7 Å². The van der Waals surface area contributed by atoms with E-state index in [4.69, 9.17) is 28.6 Å². The fraction of sp³-hybridized carbons (Fsp3) is 0.267. The van der Waals surface area contributed by atoms with Crippen molar-refractivity contribution in [2.75, 3.05) is 0 Å². The molecular weight excluding hydrogens is 292 g/mol. The van der Waals surface area contributed by atoms with Crippen molar-refractivity contribution in [2.24, 2.45) is 0 Å². The summed E-state index contributed by atoms with van der Waals surface area (Å²) >= 11 is 11.7. The number of hydrogen-bond donors (Lipinski definition) is 2. The molecule has 5 heteroatoms. The monoisotopic (exact) mass is 304 g/mol. The summed E-state index contributed by atoms with van der Waals surface area (Å²) in [6.45, 7) is 2.03. The molecule has 2 aromatic carbocycles. The molecule has 1 saturated heterocycles. The molecule has 2 unspecified atom stereocenters. The predicted molar refractivity (Wildman–Crippen MR) is 84.2 cm³/mol. The van der Waals surface area contributed by atoms with Crippen LogP contribution in [-0.2, 0) is 0 Å². The van der Waals surface area contributed by atoms with E-state index < -0.39 is 5.72 Å². The first-order valence-electron chi connectivity index (χ1n) is 6.55. The van der Waals surface area contributed by atoms with Crippen LogP contribution in [0.5, 0.6) is 5.75 Å². The van der Waals surface area contributed by atoms with Crippen LogP contribution in [0.15, 0.2) is 30.3 Å². The van der Waals surface area contributed by atoms with Crippen LogP contribution < -0.4 is 15.4 Å². The number of thiocarbonyl (C=S) groups is 1. The van der Waals surface area contributed by atoms with Crippen molar-refractivity contribution in [3.05, 3.63) is 40.9 Å². The summed E-state index contributed by atoms with van der Waals surface area (Å²) in [6, 6.07) is 10.2. The maximum atomic E-state index is 6.41. The number of benzene rings is 2. The Labute approximate surface area is 127 Å². The first-order valence-corrected chi connectivity index (χ1v) is 7.33. The second-order valence-electron chi connectivity index (χ2n) is 5.51. The molecule has 3 nitrogen and oxygen atoms in total. The zero-order chi connectivity index (χ0) is 13.9.